The second kappa shape index (κ2) is 8.48. The number of para-hydroxylation sites is 2. The third-order valence-electron chi connectivity index (χ3n) is 5.68. The average Bonchev–Trinajstić information content (AvgIpc) is 2.70. The number of nitrogens with zero attached hydrogens (tertiary/aromatic N) is 2. The highest BCUT2D eigenvalue weighted by molar-refractivity contribution is 6.07. The average molecular weight is 482 g/mol. The van der Waals surface area contributed by atoms with Gasteiger partial charge in [0.2, 0.25) is 11.0 Å². The molecule has 3 aromatic carbocycles. The highest BCUT2D eigenvalue weighted by atomic mass is 127. The number of aromatic nitrogens is 1. The maximum atomic E-state index is 2.40. The Morgan fingerprint density at radius 1 is 0.786 bits per heavy atom. The summed E-state index contributed by atoms with van der Waals surface area (Å²) < 4.78 is 2.30. The Kier molecular flexibility index (Phi) is 6.23. The number of rotatable bonds is 4. The van der Waals surface area contributed by atoms with Crippen molar-refractivity contribution in [1.82, 2.24) is 0 Å². The van der Waals surface area contributed by atoms with Crippen LogP contribution in [0.4, 0.5) is 5.69 Å². The number of hydrogen-bond donors (Lipinski definition) is 0. The molecule has 1 heterocycles. The van der Waals surface area contributed by atoms with Crippen LogP contribution in [0.25, 0.3) is 32.9 Å². The van der Waals surface area contributed by atoms with Gasteiger partial charge in [0, 0.05) is 36.5 Å². The van der Waals surface area contributed by atoms with E-state index in [0.717, 1.165) is 13.1 Å². The van der Waals surface area contributed by atoms with E-state index in [-0.39, 0.29) is 24.0 Å². The normalized spacial score (nSPS) is 10.9. The van der Waals surface area contributed by atoms with Gasteiger partial charge in [0.1, 0.15) is 7.05 Å². The maximum absolute atomic E-state index is 2.40. The monoisotopic (exact) mass is 482 g/mol. The van der Waals surface area contributed by atoms with Gasteiger partial charge in [-0.3, -0.25) is 0 Å². The predicted octanol–water partition coefficient (Wildman–Crippen LogP) is 2.64. The van der Waals surface area contributed by atoms with Gasteiger partial charge in [0.25, 0.3) is 0 Å². The molecule has 28 heavy (non-hydrogen) atoms. The van der Waals surface area contributed by atoms with E-state index in [1.807, 2.05) is 0 Å². The summed E-state index contributed by atoms with van der Waals surface area (Å²) >= 11 is 0. The molecule has 0 aliphatic rings. The zero-order valence-corrected chi connectivity index (χ0v) is 19.2. The lowest BCUT2D eigenvalue weighted by molar-refractivity contribution is -0.617. The zero-order valence-electron chi connectivity index (χ0n) is 17.0. The van der Waals surface area contributed by atoms with Gasteiger partial charge in [-0.25, -0.2) is 0 Å². The van der Waals surface area contributed by atoms with Crippen LogP contribution in [0.15, 0.2) is 66.7 Å². The van der Waals surface area contributed by atoms with Crippen LogP contribution >= 0.6 is 0 Å². The molecule has 0 spiro atoms. The first-order valence-corrected chi connectivity index (χ1v) is 9.81. The van der Waals surface area contributed by atoms with Crippen LogP contribution in [-0.4, -0.2) is 13.1 Å². The van der Waals surface area contributed by atoms with Crippen LogP contribution in [0.3, 0.4) is 0 Å². The molecule has 0 aliphatic heterocycles. The smallest absolute Gasteiger partial charge is 0.213 e. The summed E-state index contributed by atoms with van der Waals surface area (Å²) in [7, 11) is 2.16. The number of anilines is 1. The molecular weight excluding hydrogens is 455 g/mol. The molecular formula is C25H27IN2. The third-order valence-corrected chi connectivity index (χ3v) is 5.68. The molecule has 3 heteroatoms. The Morgan fingerprint density at radius 2 is 1.32 bits per heavy atom. The van der Waals surface area contributed by atoms with Crippen LogP contribution in [-0.2, 0) is 7.05 Å². The van der Waals surface area contributed by atoms with E-state index in [2.05, 4.69) is 104 Å². The maximum Gasteiger partial charge on any atom is 0.213 e. The fraction of sp³-hybridized carbons (Fsp3) is 0.240. The number of benzene rings is 3. The molecule has 4 rings (SSSR count). The van der Waals surface area contributed by atoms with E-state index in [9.17, 15) is 0 Å². The van der Waals surface area contributed by atoms with Crippen molar-refractivity contribution in [1.29, 1.82) is 0 Å². The number of hydrogen-bond acceptors (Lipinski definition) is 1. The Labute approximate surface area is 184 Å². The Balaban J connectivity index is 0.00000225. The number of halogens is 1. The molecule has 4 aromatic rings. The summed E-state index contributed by atoms with van der Waals surface area (Å²) in [6.07, 6.45) is 0. The number of fused-ring (bicyclic) bond motifs is 2. The van der Waals surface area contributed by atoms with Gasteiger partial charge in [0.15, 0.2) is 0 Å². The van der Waals surface area contributed by atoms with Gasteiger partial charge in [-0.1, -0.05) is 30.3 Å². The fourth-order valence-corrected chi connectivity index (χ4v) is 4.23. The lowest BCUT2D eigenvalue weighted by Crippen LogP contribution is -3.00. The summed E-state index contributed by atoms with van der Waals surface area (Å²) in [5, 5.41) is 2.61. The summed E-state index contributed by atoms with van der Waals surface area (Å²) in [5.74, 6) is 0. The highest BCUT2D eigenvalue weighted by Gasteiger charge is 2.19. The molecule has 0 unspecified atom stereocenters. The number of pyridine rings is 1. The molecule has 0 saturated carbocycles. The van der Waals surface area contributed by atoms with Crippen molar-refractivity contribution in [3.63, 3.8) is 0 Å². The topological polar surface area (TPSA) is 7.12 Å². The largest absolute Gasteiger partial charge is 1.00 e. The standard InChI is InChI=1S/C25H27N2.HI/c1-5-27(6-2)19-15-16-20(18(3)17-19)25-21-11-7-9-13-23(21)26(4)24-14-10-8-12-22(24)25;/h7-17H,5-6H2,1-4H3;1H/q+1;/p-1. The van der Waals surface area contributed by atoms with Gasteiger partial charge in [0.05, 0.1) is 10.8 Å². The molecule has 0 bridgehead atoms. The van der Waals surface area contributed by atoms with E-state index in [4.69, 9.17) is 0 Å². The predicted molar refractivity (Wildman–Crippen MR) is 116 cm³/mol. The summed E-state index contributed by atoms with van der Waals surface area (Å²) in [5.41, 5.74) is 7.80. The molecule has 0 amide bonds. The van der Waals surface area contributed by atoms with Crippen LogP contribution < -0.4 is 33.4 Å². The van der Waals surface area contributed by atoms with Gasteiger partial charge in [-0.2, -0.15) is 4.57 Å². The molecule has 144 valence electrons. The minimum atomic E-state index is 0. The quantitative estimate of drug-likeness (QED) is 0.247. The van der Waals surface area contributed by atoms with E-state index >= 15 is 0 Å². The highest BCUT2D eigenvalue weighted by Crippen LogP contribution is 2.36. The van der Waals surface area contributed by atoms with Gasteiger partial charge < -0.3 is 28.9 Å². The van der Waals surface area contributed by atoms with Crippen molar-refractivity contribution in [2.45, 2.75) is 20.8 Å². The Bertz CT molecular complexity index is 1070. The van der Waals surface area contributed by atoms with E-state index in [1.54, 1.807) is 0 Å². The Hall–Kier alpha value is -2.14. The second-order valence-electron chi connectivity index (χ2n) is 7.14. The first-order chi connectivity index (χ1) is 13.2. The summed E-state index contributed by atoms with van der Waals surface area (Å²) in [6, 6.07) is 24.3. The van der Waals surface area contributed by atoms with Crippen molar-refractivity contribution in [2.24, 2.45) is 7.05 Å². The SMILES string of the molecule is CCN(CC)c1ccc(-c2c3ccccc3[n+](C)c3ccccc23)c(C)c1.[I-]. The van der Waals surface area contributed by atoms with Gasteiger partial charge >= 0.3 is 0 Å². The first-order valence-electron chi connectivity index (χ1n) is 9.81. The Morgan fingerprint density at radius 3 is 1.82 bits per heavy atom. The van der Waals surface area contributed by atoms with E-state index in [0.29, 0.717) is 0 Å². The van der Waals surface area contributed by atoms with Crippen molar-refractivity contribution >= 4 is 27.5 Å². The van der Waals surface area contributed by atoms with Gasteiger partial charge in [-0.15, -0.1) is 0 Å². The van der Waals surface area contributed by atoms with Crippen molar-refractivity contribution in [3.8, 4) is 11.1 Å². The minimum absolute atomic E-state index is 0. The molecule has 1 aromatic heterocycles. The third kappa shape index (κ3) is 3.37. The molecule has 0 saturated heterocycles. The van der Waals surface area contributed by atoms with Crippen molar-refractivity contribution in [3.05, 3.63) is 72.3 Å². The molecule has 0 N–H and O–H groups in total. The van der Waals surface area contributed by atoms with Crippen molar-refractivity contribution < 1.29 is 28.5 Å². The van der Waals surface area contributed by atoms with Crippen LogP contribution in [0.2, 0.25) is 0 Å². The van der Waals surface area contributed by atoms with E-state index in [1.165, 1.54) is 44.2 Å². The fourth-order valence-electron chi connectivity index (χ4n) is 4.23. The molecule has 0 atom stereocenters. The van der Waals surface area contributed by atoms with E-state index < -0.39 is 0 Å². The van der Waals surface area contributed by atoms with Crippen LogP contribution in [0.5, 0.6) is 0 Å². The lowest BCUT2D eigenvalue weighted by atomic mass is 9.92. The van der Waals surface area contributed by atoms with Gasteiger partial charge in [-0.05, 0) is 56.2 Å². The molecule has 0 aliphatic carbocycles. The van der Waals surface area contributed by atoms with Crippen molar-refractivity contribution in [2.75, 3.05) is 18.0 Å². The first kappa shape index (κ1) is 20.6. The molecule has 0 fully saturated rings. The summed E-state index contributed by atoms with van der Waals surface area (Å²) in [6.45, 7) is 8.72. The zero-order chi connectivity index (χ0) is 19.0. The molecule has 0 radical (unpaired) electrons. The summed E-state index contributed by atoms with van der Waals surface area (Å²) in [4.78, 5) is 2.40. The second-order valence-corrected chi connectivity index (χ2v) is 7.14. The molecule has 2 nitrogen and oxygen atoms in total. The van der Waals surface area contributed by atoms with Crippen LogP contribution in [0.1, 0.15) is 19.4 Å². The van der Waals surface area contributed by atoms with Crippen LogP contribution in [0, 0.1) is 6.92 Å². The number of aryl methyl sites for hydroxylation is 2. The lowest BCUT2D eigenvalue weighted by Gasteiger charge is -2.22. The minimum Gasteiger partial charge on any atom is -1.00 e.